The highest BCUT2D eigenvalue weighted by Crippen LogP contribution is 2.39. The Labute approximate surface area is 154 Å². The number of rotatable bonds is 1. The number of benzene rings is 1. The monoisotopic (exact) mass is 409 g/mol. The van der Waals surface area contributed by atoms with Crippen molar-refractivity contribution in [3.63, 3.8) is 0 Å². The average molecular weight is 411 g/mol. The number of fused-ring (bicyclic) bond motifs is 2. The van der Waals surface area contributed by atoms with E-state index in [1.807, 2.05) is 12.3 Å². The molecule has 1 aliphatic heterocycles. The molecule has 2 heterocycles. The molecule has 1 fully saturated rings. The minimum absolute atomic E-state index is 0.148. The van der Waals surface area contributed by atoms with Gasteiger partial charge in [-0.3, -0.25) is 9.88 Å². The second kappa shape index (κ2) is 6.71. The lowest BCUT2D eigenvalue weighted by Crippen LogP contribution is -2.46. The second-order valence-electron chi connectivity index (χ2n) is 6.35. The third-order valence-corrected chi connectivity index (χ3v) is 5.51. The van der Waals surface area contributed by atoms with E-state index < -0.39 is 0 Å². The van der Waals surface area contributed by atoms with Crippen molar-refractivity contribution in [1.82, 2.24) is 15.2 Å². The molecule has 4 rings (SSSR count). The van der Waals surface area contributed by atoms with Crippen LogP contribution in [0.2, 0.25) is 5.02 Å². The maximum Gasteiger partial charge on any atom is 0.130 e. The maximum absolute atomic E-state index is 14.9. The van der Waals surface area contributed by atoms with E-state index in [1.54, 1.807) is 0 Å². The van der Waals surface area contributed by atoms with E-state index in [4.69, 9.17) is 11.6 Å². The smallest absolute Gasteiger partial charge is 0.130 e. The molecule has 2 aliphatic rings. The van der Waals surface area contributed by atoms with E-state index in [9.17, 15) is 4.39 Å². The number of pyridine rings is 1. The van der Waals surface area contributed by atoms with Crippen molar-refractivity contribution in [3.05, 3.63) is 62.1 Å². The van der Waals surface area contributed by atoms with E-state index in [-0.39, 0.29) is 11.9 Å². The van der Waals surface area contributed by atoms with Crippen molar-refractivity contribution in [2.75, 3.05) is 26.2 Å². The summed E-state index contributed by atoms with van der Waals surface area (Å²) in [6.45, 7) is 3.58. The molecule has 1 aliphatic carbocycles. The zero-order valence-corrected chi connectivity index (χ0v) is 15.5. The van der Waals surface area contributed by atoms with Crippen LogP contribution in [0.3, 0.4) is 0 Å². The van der Waals surface area contributed by atoms with Crippen molar-refractivity contribution in [2.24, 2.45) is 0 Å². The maximum atomic E-state index is 14.9. The van der Waals surface area contributed by atoms with Gasteiger partial charge in [0.1, 0.15) is 5.82 Å². The van der Waals surface area contributed by atoms with Crippen LogP contribution >= 0.6 is 27.5 Å². The van der Waals surface area contributed by atoms with Crippen LogP contribution in [0, 0.1) is 5.82 Å². The minimum Gasteiger partial charge on any atom is -0.314 e. The number of nitrogens with zero attached hydrogens (tertiary/aromatic N) is 2. The number of halogens is 3. The van der Waals surface area contributed by atoms with Gasteiger partial charge in [0.05, 0.1) is 11.7 Å². The highest BCUT2D eigenvalue weighted by Gasteiger charge is 2.33. The molecule has 2 aromatic rings. The predicted molar refractivity (Wildman–Crippen MR) is 97.0 cm³/mol. The summed E-state index contributed by atoms with van der Waals surface area (Å²) in [6.07, 6.45) is 3.44. The van der Waals surface area contributed by atoms with Crippen LogP contribution < -0.4 is 5.32 Å². The molecule has 0 amide bonds. The van der Waals surface area contributed by atoms with Crippen molar-refractivity contribution in [3.8, 4) is 0 Å². The molecule has 1 aromatic heterocycles. The first-order valence-corrected chi connectivity index (χ1v) is 9.37. The van der Waals surface area contributed by atoms with E-state index in [0.717, 1.165) is 60.3 Å². The van der Waals surface area contributed by atoms with Crippen molar-refractivity contribution >= 4 is 27.5 Å². The van der Waals surface area contributed by atoms with E-state index in [0.29, 0.717) is 5.02 Å². The summed E-state index contributed by atoms with van der Waals surface area (Å²) < 4.78 is 15.9. The van der Waals surface area contributed by atoms with Gasteiger partial charge in [-0.1, -0.05) is 11.6 Å². The molecular formula is C18H18BrClFN3. The van der Waals surface area contributed by atoms with E-state index in [2.05, 4.69) is 37.2 Å². The Kier molecular flexibility index (Phi) is 4.60. The van der Waals surface area contributed by atoms with Crippen molar-refractivity contribution in [2.45, 2.75) is 18.9 Å². The van der Waals surface area contributed by atoms with Crippen LogP contribution in [0.4, 0.5) is 4.39 Å². The van der Waals surface area contributed by atoms with Gasteiger partial charge in [-0.25, -0.2) is 4.39 Å². The molecule has 3 nitrogen and oxygen atoms in total. The lowest BCUT2D eigenvalue weighted by molar-refractivity contribution is 0.192. The van der Waals surface area contributed by atoms with Gasteiger partial charge in [-0.15, -0.1) is 0 Å². The Morgan fingerprint density at radius 1 is 1.17 bits per heavy atom. The molecule has 1 aromatic carbocycles. The number of hydrogen-bond acceptors (Lipinski definition) is 3. The van der Waals surface area contributed by atoms with Crippen LogP contribution in [-0.4, -0.2) is 36.1 Å². The van der Waals surface area contributed by atoms with Gasteiger partial charge >= 0.3 is 0 Å². The highest BCUT2D eigenvalue weighted by molar-refractivity contribution is 9.10. The van der Waals surface area contributed by atoms with Gasteiger partial charge in [0.2, 0.25) is 0 Å². The topological polar surface area (TPSA) is 28.2 Å². The summed E-state index contributed by atoms with van der Waals surface area (Å²) in [5.41, 5.74) is 3.90. The normalized spacial score (nSPS) is 21.0. The number of aryl methyl sites for hydroxylation is 2. The molecule has 0 saturated carbocycles. The number of hydrogen-bond donors (Lipinski definition) is 1. The molecule has 24 heavy (non-hydrogen) atoms. The summed E-state index contributed by atoms with van der Waals surface area (Å²) in [6, 6.07) is 5.31. The zero-order chi connectivity index (χ0) is 16.7. The first-order chi connectivity index (χ1) is 11.6. The Morgan fingerprint density at radius 2 is 1.92 bits per heavy atom. The predicted octanol–water partition coefficient (Wildman–Crippen LogP) is 3.73. The van der Waals surface area contributed by atoms with Gasteiger partial charge in [0.25, 0.3) is 0 Å². The summed E-state index contributed by atoms with van der Waals surface area (Å²) >= 11 is 9.63. The zero-order valence-electron chi connectivity index (χ0n) is 13.2. The quantitative estimate of drug-likeness (QED) is 0.776. The fourth-order valence-corrected chi connectivity index (χ4v) is 4.40. The van der Waals surface area contributed by atoms with E-state index in [1.165, 1.54) is 11.6 Å². The fraction of sp³-hybridized carbons (Fsp3) is 0.389. The van der Waals surface area contributed by atoms with Crippen LogP contribution in [0.1, 0.15) is 28.4 Å². The Balaban J connectivity index is 1.91. The number of piperazine rings is 1. The lowest BCUT2D eigenvalue weighted by Gasteiger charge is -2.35. The summed E-state index contributed by atoms with van der Waals surface area (Å²) in [7, 11) is 0. The number of aromatic nitrogens is 1. The minimum atomic E-state index is -0.224. The van der Waals surface area contributed by atoms with Gasteiger partial charge in [0, 0.05) is 47.4 Å². The Morgan fingerprint density at radius 3 is 2.71 bits per heavy atom. The molecule has 0 radical (unpaired) electrons. The van der Waals surface area contributed by atoms with Crippen molar-refractivity contribution < 1.29 is 4.39 Å². The molecule has 126 valence electrons. The molecular weight excluding hydrogens is 393 g/mol. The molecule has 1 atom stereocenters. The highest BCUT2D eigenvalue weighted by atomic mass is 79.9. The third kappa shape index (κ3) is 2.99. The third-order valence-electron chi connectivity index (χ3n) is 4.86. The van der Waals surface area contributed by atoms with Crippen LogP contribution in [0.25, 0.3) is 0 Å². The summed E-state index contributed by atoms with van der Waals surface area (Å²) in [4.78, 5) is 7.02. The summed E-state index contributed by atoms with van der Waals surface area (Å²) in [5.74, 6) is -0.224. The van der Waals surface area contributed by atoms with Crippen LogP contribution in [-0.2, 0) is 12.8 Å². The van der Waals surface area contributed by atoms with E-state index >= 15 is 0 Å². The average Bonchev–Trinajstić information content (AvgIpc) is 2.72. The Bertz CT molecular complexity index is 777. The summed E-state index contributed by atoms with van der Waals surface area (Å²) in [5, 5.41) is 3.83. The van der Waals surface area contributed by atoms with Crippen LogP contribution in [0.5, 0.6) is 0 Å². The van der Waals surface area contributed by atoms with Gasteiger partial charge in [0.15, 0.2) is 0 Å². The van der Waals surface area contributed by atoms with Crippen molar-refractivity contribution in [1.29, 1.82) is 0 Å². The first kappa shape index (κ1) is 16.5. The molecule has 0 bridgehead atoms. The molecule has 1 N–H and O–H groups in total. The fourth-order valence-electron chi connectivity index (χ4n) is 3.79. The second-order valence-corrected chi connectivity index (χ2v) is 7.70. The molecule has 1 unspecified atom stereocenters. The SMILES string of the molecule is Fc1cc(Cl)cc2c1C(N1CCNCC1)c1ncc(Br)cc1CC2. The number of nitrogens with one attached hydrogen (secondary N) is 1. The molecule has 1 saturated heterocycles. The standard InChI is InChI=1S/C18H18BrClFN3/c19-13-7-12-2-1-11-8-14(20)9-15(21)16(11)18(17(12)23-10-13)24-5-3-22-4-6-24/h7-10,18,22H,1-6H2. The largest absolute Gasteiger partial charge is 0.314 e. The van der Waals surface area contributed by atoms with Gasteiger partial charge in [-0.05, 0) is 58.1 Å². The molecule has 0 spiro atoms. The Hall–Kier alpha value is -1.01. The van der Waals surface area contributed by atoms with Gasteiger partial charge < -0.3 is 5.32 Å². The molecule has 6 heteroatoms. The van der Waals surface area contributed by atoms with Gasteiger partial charge in [-0.2, -0.15) is 0 Å². The first-order valence-electron chi connectivity index (χ1n) is 8.20. The lowest BCUT2D eigenvalue weighted by atomic mass is 9.95. The van der Waals surface area contributed by atoms with Crippen LogP contribution in [0.15, 0.2) is 28.9 Å².